The van der Waals surface area contributed by atoms with Crippen LogP contribution in [0, 0.1) is 0 Å². The highest BCUT2D eigenvalue weighted by Crippen LogP contribution is 2.37. The summed E-state index contributed by atoms with van der Waals surface area (Å²) in [6.07, 6.45) is -2.73. The summed E-state index contributed by atoms with van der Waals surface area (Å²) in [4.78, 5) is 28.5. The Balaban J connectivity index is 1.37. The van der Waals surface area contributed by atoms with E-state index in [-0.39, 0.29) is 23.4 Å². The smallest absolute Gasteiger partial charge is 0.457 e. The fourth-order valence-corrected chi connectivity index (χ4v) is 4.99. The predicted octanol–water partition coefficient (Wildman–Crippen LogP) is 3.85. The Morgan fingerprint density at radius 2 is 1.75 bits per heavy atom. The molecule has 2 amide bonds. The minimum absolute atomic E-state index is 0.0645. The zero-order valence-corrected chi connectivity index (χ0v) is 21.4. The molecular weight excluding hydrogens is 529 g/mol. The molecule has 1 saturated heterocycles. The molecule has 0 unspecified atom stereocenters. The van der Waals surface area contributed by atoms with Crippen molar-refractivity contribution in [2.24, 2.45) is 5.73 Å². The first kappa shape index (κ1) is 27.1. The summed E-state index contributed by atoms with van der Waals surface area (Å²) in [5.74, 6) is -0.631. The number of anilines is 1. The van der Waals surface area contributed by atoms with Gasteiger partial charge >= 0.3 is 6.36 Å². The molecule has 0 aliphatic carbocycles. The highest BCUT2D eigenvalue weighted by atomic mass is 19.4. The van der Waals surface area contributed by atoms with Crippen molar-refractivity contribution >= 4 is 17.5 Å². The molecule has 3 aromatic rings. The largest absolute Gasteiger partial charge is 0.573 e. The maximum atomic E-state index is 12.5. The van der Waals surface area contributed by atoms with E-state index in [0.717, 1.165) is 12.5 Å². The van der Waals surface area contributed by atoms with Crippen LogP contribution in [-0.2, 0) is 4.79 Å². The number of nitrogens with one attached hydrogen (secondary N) is 1. The third-order valence-corrected chi connectivity index (χ3v) is 6.78. The molecule has 5 rings (SSSR count). The fraction of sp³-hybridized carbons (Fsp3) is 0.296. The number of nitrogens with zero attached hydrogens (tertiary/aromatic N) is 4. The molecule has 2 aliphatic rings. The van der Waals surface area contributed by atoms with E-state index in [1.165, 1.54) is 29.0 Å². The van der Waals surface area contributed by atoms with Crippen molar-refractivity contribution in [1.29, 1.82) is 0 Å². The SMILES string of the molecule is C=CC(=O)N1CCN([C@@H]2CCNc3c2nn(-c2ccc(Oc4cccc(OC(F)(F)F)c4)cc2)c3C(N)=O)CC1. The summed E-state index contributed by atoms with van der Waals surface area (Å²) in [6, 6.07) is 11.7. The maximum Gasteiger partial charge on any atom is 0.573 e. The molecule has 10 nitrogen and oxygen atoms in total. The maximum absolute atomic E-state index is 12.5. The second-order valence-electron chi connectivity index (χ2n) is 9.30. The Bertz CT molecular complexity index is 1410. The Labute approximate surface area is 227 Å². The molecule has 1 fully saturated rings. The number of hydrogen-bond donors (Lipinski definition) is 2. The van der Waals surface area contributed by atoms with E-state index < -0.39 is 18.0 Å². The first-order valence-electron chi connectivity index (χ1n) is 12.6. The van der Waals surface area contributed by atoms with Crippen LogP contribution in [0.25, 0.3) is 5.69 Å². The highest BCUT2D eigenvalue weighted by molar-refractivity contribution is 5.98. The number of carbonyl (C=O) groups is 2. The van der Waals surface area contributed by atoms with Crippen molar-refractivity contribution in [3.63, 3.8) is 0 Å². The van der Waals surface area contributed by atoms with Crippen molar-refractivity contribution in [2.45, 2.75) is 18.8 Å². The van der Waals surface area contributed by atoms with Crippen LogP contribution in [0.4, 0.5) is 18.9 Å². The highest BCUT2D eigenvalue weighted by Gasteiger charge is 2.35. The number of nitrogens with two attached hydrogens (primary N) is 1. The molecular formula is C27H27F3N6O4. The van der Waals surface area contributed by atoms with Crippen LogP contribution in [0.5, 0.6) is 17.2 Å². The van der Waals surface area contributed by atoms with Gasteiger partial charge in [0.05, 0.1) is 17.4 Å². The van der Waals surface area contributed by atoms with Crippen LogP contribution in [-0.4, -0.2) is 70.5 Å². The summed E-state index contributed by atoms with van der Waals surface area (Å²) < 4.78 is 48.7. The molecule has 2 aromatic carbocycles. The lowest BCUT2D eigenvalue weighted by atomic mass is 10.0. The molecule has 0 saturated carbocycles. The number of aromatic nitrogens is 2. The first-order chi connectivity index (χ1) is 19.1. The van der Waals surface area contributed by atoms with Gasteiger partial charge in [-0.3, -0.25) is 14.5 Å². The molecule has 2 aliphatic heterocycles. The van der Waals surface area contributed by atoms with Crippen LogP contribution >= 0.6 is 0 Å². The van der Waals surface area contributed by atoms with Crippen molar-refractivity contribution < 1.29 is 32.2 Å². The van der Waals surface area contributed by atoms with E-state index in [0.29, 0.717) is 55.5 Å². The zero-order valence-electron chi connectivity index (χ0n) is 21.4. The lowest BCUT2D eigenvalue weighted by Crippen LogP contribution is -2.50. The summed E-state index contributed by atoms with van der Waals surface area (Å²) in [6.45, 7) is 6.63. The fourth-order valence-electron chi connectivity index (χ4n) is 4.99. The van der Waals surface area contributed by atoms with Gasteiger partial charge in [0.25, 0.3) is 5.91 Å². The Morgan fingerprint density at radius 3 is 2.40 bits per heavy atom. The number of amides is 2. The molecule has 13 heteroatoms. The molecule has 0 radical (unpaired) electrons. The number of fused-ring (bicyclic) bond motifs is 1. The monoisotopic (exact) mass is 556 g/mol. The minimum atomic E-state index is -4.81. The van der Waals surface area contributed by atoms with Gasteiger partial charge < -0.3 is 25.4 Å². The van der Waals surface area contributed by atoms with Gasteiger partial charge in [0, 0.05) is 38.8 Å². The molecule has 3 N–H and O–H groups in total. The number of hydrogen-bond acceptors (Lipinski definition) is 7. The number of halogens is 3. The third kappa shape index (κ3) is 5.73. The van der Waals surface area contributed by atoms with Gasteiger partial charge in [-0.2, -0.15) is 5.10 Å². The lowest BCUT2D eigenvalue weighted by molar-refractivity contribution is -0.274. The zero-order chi connectivity index (χ0) is 28.4. The predicted molar refractivity (Wildman–Crippen MR) is 139 cm³/mol. The average molecular weight is 557 g/mol. The van der Waals surface area contributed by atoms with Gasteiger partial charge in [-0.05, 0) is 48.9 Å². The second-order valence-corrected chi connectivity index (χ2v) is 9.30. The Hall–Kier alpha value is -4.52. The van der Waals surface area contributed by atoms with Crippen LogP contribution in [0.15, 0.2) is 61.2 Å². The normalized spacial score (nSPS) is 17.5. The summed E-state index contributed by atoms with van der Waals surface area (Å²) >= 11 is 0. The van der Waals surface area contributed by atoms with Gasteiger partial charge in [-0.25, -0.2) is 4.68 Å². The van der Waals surface area contributed by atoms with Gasteiger partial charge in [0.15, 0.2) is 5.69 Å². The van der Waals surface area contributed by atoms with Crippen molar-refractivity contribution in [1.82, 2.24) is 19.6 Å². The Kier molecular flexibility index (Phi) is 7.39. The summed E-state index contributed by atoms with van der Waals surface area (Å²) in [5.41, 5.74) is 7.82. The quantitative estimate of drug-likeness (QED) is 0.425. The molecule has 1 aromatic heterocycles. The summed E-state index contributed by atoms with van der Waals surface area (Å²) in [7, 11) is 0. The van der Waals surface area contributed by atoms with E-state index in [4.69, 9.17) is 15.6 Å². The molecule has 210 valence electrons. The number of benzene rings is 2. The molecule has 40 heavy (non-hydrogen) atoms. The van der Waals surface area contributed by atoms with E-state index in [9.17, 15) is 22.8 Å². The standard InChI is InChI=1S/C27H27F3N6O4/c1-2-22(37)35-14-12-34(13-15-35)21-10-11-32-24-23(21)33-36(25(24)26(31)38)17-6-8-18(9-7-17)39-19-4-3-5-20(16-19)40-27(28,29)30/h2-9,16,21,32H,1,10-15H2,(H2,31,38)/t21-/m1/s1. The van der Waals surface area contributed by atoms with E-state index in [2.05, 4.69) is 21.5 Å². The number of piperazine rings is 1. The van der Waals surface area contributed by atoms with Gasteiger partial charge in [-0.15, -0.1) is 13.2 Å². The van der Waals surface area contributed by atoms with Crippen LogP contribution in [0.3, 0.4) is 0 Å². The average Bonchev–Trinajstić information content (AvgIpc) is 3.33. The second kappa shape index (κ2) is 10.9. The summed E-state index contributed by atoms with van der Waals surface area (Å²) in [5, 5.41) is 8.05. The van der Waals surface area contributed by atoms with Gasteiger partial charge in [-0.1, -0.05) is 12.6 Å². The number of ether oxygens (including phenoxy) is 2. The van der Waals surface area contributed by atoms with E-state index in [1.54, 1.807) is 29.2 Å². The van der Waals surface area contributed by atoms with E-state index in [1.807, 2.05) is 0 Å². The molecule has 0 spiro atoms. The minimum Gasteiger partial charge on any atom is -0.457 e. The van der Waals surface area contributed by atoms with Crippen LogP contribution in [0.1, 0.15) is 28.6 Å². The molecule has 3 heterocycles. The number of alkyl halides is 3. The van der Waals surface area contributed by atoms with Crippen LogP contribution in [0.2, 0.25) is 0 Å². The van der Waals surface area contributed by atoms with Gasteiger partial charge in [0.2, 0.25) is 5.91 Å². The van der Waals surface area contributed by atoms with Crippen LogP contribution < -0.4 is 20.5 Å². The number of carbonyl (C=O) groups excluding carboxylic acids is 2. The number of rotatable bonds is 7. The number of primary amides is 1. The third-order valence-electron chi connectivity index (χ3n) is 6.78. The first-order valence-corrected chi connectivity index (χ1v) is 12.6. The van der Waals surface area contributed by atoms with Crippen molar-refractivity contribution in [3.05, 3.63) is 72.6 Å². The van der Waals surface area contributed by atoms with Gasteiger partial charge in [0.1, 0.15) is 22.9 Å². The topological polar surface area (TPSA) is 115 Å². The Morgan fingerprint density at radius 1 is 1.05 bits per heavy atom. The van der Waals surface area contributed by atoms with Crippen molar-refractivity contribution in [3.8, 4) is 22.9 Å². The van der Waals surface area contributed by atoms with E-state index >= 15 is 0 Å². The molecule has 1 atom stereocenters. The molecule has 0 bridgehead atoms. The lowest BCUT2D eigenvalue weighted by Gasteiger charge is -2.40. The van der Waals surface area contributed by atoms with Crippen molar-refractivity contribution in [2.75, 3.05) is 38.0 Å².